The van der Waals surface area contributed by atoms with Gasteiger partial charge in [-0.3, -0.25) is 9.59 Å². The van der Waals surface area contributed by atoms with Crippen molar-refractivity contribution in [2.24, 2.45) is 5.92 Å². The minimum Gasteiger partial charge on any atom is -0.382 e. The molecule has 0 atom stereocenters. The molecule has 0 unspecified atom stereocenters. The topological polar surface area (TPSA) is 70.7 Å². The number of halogens is 2. The van der Waals surface area contributed by atoms with Gasteiger partial charge >= 0.3 is 0 Å². The molecule has 2 N–H and O–H groups in total. The number of likely N-dealkylation sites (N-methyl/N-ethyl adjacent to an activating group) is 1. The smallest absolute Gasteiger partial charge is 0.251 e. The molecular formula is C22H33ClFN3O3. The quantitative estimate of drug-likeness (QED) is 0.617. The molecule has 1 aliphatic carbocycles. The number of rotatable bonds is 9. The van der Waals surface area contributed by atoms with Gasteiger partial charge in [-0.25, -0.2) is 4.39 Å². The fraction of sp³-hybridized carbons (Fsp3) is 0.636. The van der Waals surface area contributed by atoms with Crippen molar-refractivity contribution in [3.63, 3.8) is 0 Å². The summed E-state index contributed by atoms with van der Waals surface area (Å²) in [6.07, 6.45) is 3.82. The van der Waals surface area contributed by atoms with E-state index in [0.717, 1.165) is 25.7 Å². The van der Waals surface area contributed by atoms with Crippen molar-refractivity contribution in [2.75, 3.05) is 33.9 Å². The molecule has 0 bridgehead atoms. The molecule has 2 amide bonds. The number of carbonyl (C=O) groups is 2. The zero-order chi connectivity index (χ0) is 22.3. The zero-order valence-electron chi connectivity index (χ0n) is 18.3. The van der Waals surface area contributed by atoms with E-state index < -0.39 is 5.82 Å². The molecular weight excluding hydrogens is 409 g/mol. The van der Waals surface area contributed by atoms with Crippen LogP contribution < -0.4 is 10.6 Å². The van der Waals surface area contributed by atoms with E-state index in [2.05, 4.69) is 10.6 Å². The molecule has 1 fully saturated rings. The number of nitrogens with one attached hydrogen (secondary N) is 2. The van der Waals surface area contributed by atoms with Crippen molar-refractivity contribution in [2.45, 2.75) is 51.1 Å². The third-order valence-corrected chi connectivity index (χ3v) is 6.06. The fourth-order valence-corrected chi connectivity index (χ4v) is 3.95. The molecule has 2 rings (SSSR count). The molecule has 0 aliphatic heterocycles. The van der Waals surface area contributed by atoms with Crippen LogP contribution in [-0.4, -0.2) is 62.1 Å². The lowest BCUT2D eigenvalue weighted by Gasteiger charge is -2.36. The van der Waals surface area contributed by atoms with Crippen LogP contribution in [-0.2, 0) is 9.53 Å². The molecule has 6 nitrogen and oxygen atoms in total. The highest BCUT2D eigenvalue weighted by atomic mass is 35.5. The number of amides is 2. The first-order valence-electron chi connectivity index (χ1n) is 10.4. The van der Waals surface area contributed by atoms with E-state index in [9.17, 15) is 14.0 Å². The average molecular weight is 442 g/mol. The summed E-state index contributed by atoms with van der Waals surface area (Å²) in [4.78, 5) is 26.4. The highest BCUT2D eigenvalue weighted by Crippen LogP contribution is 2.24. The van der Waals surface area contributed by atoms with Gasteiger partial charge in [0.2, 0.25) is 5.91 Å². The predicted octanol–water partition coefficient (Wildman–Crippen LogP) is 3.24. The van der Waals surface area contributed by atoms with Gasteiger partial charge in [0.05, 0.1) is 18.7 Å². The molecule has 0 spiro atoms. The summed E-state index contributed by atoms with van der Waals surface area (Å²) in [5.41, 5.74) is -0.121. The van der Waals surface area contributed by atoms with E-state index in [-0.39, 0.29) is 27.9 Å². The number of benzene rings is 1. The summed E-state index contributed by atoms with van der Waals surface area (Å²) >= 11 is 5.81. The second-order valence-corrected chi connectivity index (χ2v) is 9.10. The summed E-state index contributed by atoms with van der Waals surface area (Å²) in [5.74, 6) is -0.427. The molecule has 0 saturated heterocycles. The van der Waals surface area contributed by atoms with Crippen molar-refractivity contribution in [3.05, 3.63) is 34.6 Å². The molecule has 0 heterocycles. The summed E-state index contributed by atoms with van der Waals surface area (Å²) in [7, 11) is 3.43. The third-order valence-electron chi connectivity index (χ3n) is 5.84. The first-order valence-corrected chi connectivity index (χ1v) is 10.7. The summed E-state index contributed by atoms with van der Waals surface area (Å²) in [6, 6.07) is 4.11. The van der Waals surface area contributed by atoms with Crippen LogP contribution in [0, 0.1) is 11.7 Å². The van der Waals surface area contributed by atoms with Crippen molar-refractivity contribution >= 4 is 23.4 Å². The van der Waals surface area contributed by atoms with E-state index in [1.165, 1.54) is 18.2 Å². The molecule has 168 valence electrons. The largest absolute Gasteiger partial charge is 0.382 e. The number of hydrogen-bond donors (Lipinski definition) is 2. The van der Waals surface area contributed by atoms with Crippen LogP contribution in [0.1, 0.15) is 49.9 Å². The normalized spacial score (nSPS) is 19.4. The molecule has 1 aromatic carbocycles. The first-order chi connectivity index (χ1) is 14.1. The van der Waals surface area contributed by atoms with E-state index in [1.54, 1.807) is 19.1 Å². The van der Waals surface area contributed by atoms with E-state index in [4.69, 9.17) is 16.3 Å². The number of hydrogen-bond acceptors (Lipinski definition) is 4. The Labute approximate surface area is 183 Å². The van der Waals surface area contributed by atoms with Crippen LogP contribution in [0.25, 0.3) is 0 Å². The van der Waals surface area contributed by atoms with Gasteiger partial charge in [-0.1, -0.05) is 11.6 Å². The molecule has 30 heavy (non-hydrogen) atoms. The van der Waals surface area contributed by atoms with Crippen LogP contribution in [0.4, 0.5) is 4.39 Å². The number of carbonyl (C=O) groups excluding carboxylic acids is 2. The van der Waals surface area contributed by atoms with Crippen molar-refractivity contribution in [3.8, 4) is 0 Å². The maximum atomic E-state index is 13.4. The van der Waals surface area contributed by atoms with E-state index in [0.29, 0.717) is 31.7 Å². The van der Waals surface area contributed by atoms with Gasteiger partial charge in [0.1, 0.15) is 5.82 Å². The van der Waals surface area contributed by atoms with Crippen LogP contribution in [0.15, 0.2) is 18.2 Å². The standard InChI is InChI=1S/C22H33ClFN3O3/c1-22(2,14-30-4)27(3)20(28)13-25-19-7-5-15(6-8-19)12-26-21(29)16-9-17(23)11-18(24)10-16/h9-11,15,19,25H,5-8,12-14H2,1-4H3,(H,26,29)/t15-,19+. The Morgan fingerprint density at radius 1 is 1.23 bits per heavy atom. The first kappa shape index (κ1) is 24.6. The second-order valence-electron chi connectivity index (χ2n) is 8.66. The molecule has 8 heteroatoms. The Morgan fingerprint density at radius 3 is 2.50 bits per heavy atom. The lowest BCUT2D eigenvalue weighted by molar-refractivity contribution is -0.135. The minimum atomic E-state index is -0.523. The number of methoxy groups -OCH3 is 1. The summed E-state index contributed by atoms with van der Waals surface area (Å²) < 4.78 is 18.6. The Hall–Kier alpha value is -1.70. The summed E-state index contributed by atoms with van der Waals surface area (Å²) in [5, 5.41) is 6.44. The predicted molar refractivity (Wildman–Crippen MR) is 116 cm³/mol. The molecule has 1 saturated carbocycles. The molecule has 0 radical (unpaired) electrons. The van der Waals surface area contributed by atoms with Crippen molar-refractivity contribution in [1.29, 1.82) is 0 Å². The van der Waals surface area contributed by atoms with Crippen molar-refractivity contribution in [1.82, 2.24) is 15.5 Å². The molecule has 1 aliphatic rings. The number of ether oxygens (including phenoxy) is 1. The van der Waals surface area contributed by atoms with Crippen LogP contribution in [0.3, 0.4) is 0 Å². The van der Waals surface area contributed by atoms with Crippen LogP contribution in [0.5, 0.6) is 0 Å². The zero-order valence-corrected chi connectivity index (χ0v) is 19.0. The minimum absolute atomic E-state index is 0.0418. The van der Waals surface area contributed by atoms with Gasteiger partial charge < -0.3 is 20.3 Å². The lowest BCUT2D eigenvalue weighted by Crippen LogP contribution is -2.51. The Morgan fingerprint density at radius 2 is 1.90 bits per heavy atom. The van der Waals surface area contributed by atoms with Crippen LogP contribution in [0.2, 0.25) is 5.02 Å². The Balaban J connectivity index is 1.71. The van der Waals surface area contributed by atoms with Gasteiger partial charge in [-0.15, -0.1) is 0 Å². The summed E-state index contributed by atoms with van der Waals surface area (Å²) in [6.45, 7) is 5.29. The monoisotopic (exact) mass is 441 g/mol. The molecule has 0 aromatic heterocycles. The van der Waals surface area contributed by atoms with Gasteiger partial charge in [-0.05, 0) is 63.6 Å². The lowest BCUT2D eigenvalue weighted by atomic mass is 9.86. The van der Waals surface area contributed by atoms with Gasteiger partial charge in [0, 0.05) is 37.3 Å². The average Bonchev–Trinajstić information content (AvgIpc) is 2.69. The van der Waals surface area contributed by atoms with Crippen LogP contribution >= 0.6 is 11.6 Å². The SMILES string of the molecule is COCC(C)(C)N(C)C(=O)CN[C@H]1CC[C@@H](CNC(=O)c2cc(F)cc(Cl)c2)CC1. The van der Waals surface area contributed by atoms with E-state index in [1.807, 2.05) is 13.8 Å². The third kappa shape index (κ3) is 7.22. The maximum Gasteiger partial charge on any atom is 0.251 e. The van der Waals surface area contributed by atoms with Gasteiger partial charge in [-0.2, -0.15) is 0 Å². The van der Waals surface area contributed by atoms with Crippen molar-refractivity contribution < 1.29 is 18.7 Å². The van der Waals surface area contributed by atoms with Gasteiger partial charge in [0.25, 0.3) is 5.91 Å². The highest BCUT2D eigenvalue weighted by molar-refractivity contribution is 6.31. The molecule has 1 aromatic rings. The van der Waals surface area contributed by atoms with Gasteiger partial charge in [0.15, 0.2) is 0 Å². The Kier molecular flexibility index (Phi) is 9.07. The Bertz CT molecular complexity index is 716. The second kappa shape index (κ2) is 11.1. The fourth-order valence-electron chi connectivity index (χ4n) is 3.73. The maximum absolute atomic E-state index is 13.4. The number of nitrogens with zero attached hydrogens (tertiary/aromatic N) is 1. The highest BCUT2D eigenvalue weighted by Gasteiger charge is 2.28. The van der Waals surface area contributed by atoms with E-state index >= 15 is 0 Å².